The molecule has 3 rings (SSSR count). The predicted molar refractivity (Wildman–Crippen MR) is 91.3 cm³/mol. The number of benzene rings is 2. The van der Waals surface area contributed by atoms with Crippen molar-refractivity contribution < 1.29 is 9.53 Å². The monoisotopic (exact) mass is 330 g/mol. The summed E-state index contributed by atoms with van der Waals surface area (Å²) in [7, 11) is 0. The van der Waals surface area contributed by atoms with Gasteiger partial charge in [-0.2, -0.15) is 0 Å². The van der Waals surface area contributed by atoms with Crippen LogP contribution in [0.2, 0.25) is 5.02 Å². The first-order chi connectivity index (χ1) is 11.2. The molecule has 1 atom stereocenters. The highest BCUT2D eigenvalue weighted by molar-refractivity contribution is 6.30. The molecule has 2 aromatic carbocycles. The highest BCUT2D eigenvalue weighted by Gasteiger charge is 2.21. The van der Waals surface area contributed by atoms with Gasteiger partial charge in [-0.25, -0.2) is 0 Å². The minimum atomic E-state index is -0.411. The van der Waals surface area contributed by atoms with Crippen molar-refractivity contribution in [1.82, 2.24) is 10.6 Å². The van der Waals surface area contributed by atoms with Crippen molar-refractivity contribution in [3.63, 3.8) is 0 Å². The van der Waals surface area contributed by atoms with Crippen molar-refractivity contribution in [2.45, 2.75) is 12.6 Å². The summed E-state index contributed by atoms with van der Waals surface area (Å²) in [6.45, 7) is 2.39. The molecular formula is C18H19ClN2O2. The number of morpholine rings is 1. The summed E-state index contributed by atoms with van der Waals surface area (Å²) in [5.74, 6) is -0.0805. The first kappa shape index (κ1) is 16.0. The van der Waals surface area contributed by atoms with Crippen LogP contribution in [0.25, 0.3) is 11.1 Å². The van der Waals surface area contributed by atoms with E-state index in [0.717, 1.165) is 23.2 Å². The van der Waals surface area contributed by atoms with Crippen LogP contribution in [0.1, 0.15) is 5.56 Å². The molecule has 120 valence electrons. The lowest BCUT2D eigenvalue weighted by atomic mass is 9.99. The van der Waals surface area contributed by atoms with Crippen LogP contribution in [0.5, 0.6) is 0 Å². The average molecular weight is 331 g/mol. The van der Waals surface area contributed by atoms with Gasteiger partial charge in [-0.1, -0.05) is 48.0 Å². The van der Waals surface area contributed by atoms with Crippen LogP contribution in [0.15, 0.2) is 48.5 Å². The van der Waals surface area contributed by atoms with E-state index in [9.17, 15) is 4.79 Å². The van der Waals surface area contributed by atoms with Crippen LogP contribution in [0, 0.1) is 0 Å². The van der Waals surface area contributed by atoms with Crippen molar-refractivity contribution >= 4 is 17.5 Å². The highest BCUT2D eigenvalue weighted by atomic mass is 35.5. The van der Waals surface area contributed by atoms with Crippen LogP contribution < -0.4 is 10.6 Å². The highest BCUT2D eigenvalue weighted by Crippen LogP contribution is 2.25. The molecule has 2 N–H and O–H groups in total. The summed E-state index contributed by atoms with van der Waals surface area (Å²) in [6, 6.07) is 15.7. The van der Waals surface area contributed by atoms with Crippen LogP contribution >= 0.6 is 11.6 Å². The fourth-order valence-electron chi connectivity index (χ4n) is 2.62. The predicted octanol–water partition coefficient (Wildman–Crippen LogP) is 2.61. The summed E-state index contributed by atoms with van der Waals surface area (Å²) >= 11 is 5.95. The van der Waals surface area contributed by atoms with Crippen molar-refractivity contribution in [2.24, 2.45) is 0 Å². The molecule has 1 fully saturated rings. The first-order valence-electron chi connectivity index (χ1n) is 7.68. The molecule has 1 heterocycles. The Morgan fingerprint density at radius 3 is 2.74 bits per heavy atom. The molecule has 4 nitrogen and oxygen atoms in total. The van der Waals surface area contributed by atoms with Crippen molar-refractivity contribution in [1.29, 1.82) is 0 Å². The number of ether oxygens (including phenoxy) is 1. The van der Waals surface area contributed by atoms with E-state index >= 15 is 0 Å². The topological polar surface area (TPSA) is 50.4 Å². The number of halogens is 1. The number of hydrogen-bond acceptors (Lipinski definition) is 3. The van der Waals surface area contributed by atoms with E-state index in [2.05, 4.69) is 10.6 Å². The molecule has 1 amide bonds. The maximum atomic E-state index is 12.2. The van der Waals surface area contributed by atoms with Gasteiger partial charge in [0.2, 0.25) is 0 Å². The molecule has 0 spiro atoms. The molecule has 1 saturated heterocycles. The van der Waals surface area contributed by atoms with E-state index in [-0.39, 0.29) is 5.91 Å². The zero-order chi connectivity index (χ0) is 16.1. The Balaban J connectivity index is 1.70. The fraction of sp³-hybridized carbons (Fsp3) is 0.278. The summed E-state index contributed by atoms with van der Waals surface area (Å²) in [4.78, 5) is 12.2. The van der Waals surface area contributed by atoms with Gasteiger partial charge < -0.3 is 15.4 Å². The average Bonchev–Trinajstić information content (AvgIpc) is 2.61. The van der Waals surface area contributed by atoms with E-state index in [1.54, 1.807) is 0 Å². The molecule has 1 aliphatic heterocycles. The Kier molecular flexibility index (Phi) is 5.28. The third kappa shape index (κ3) is 4.10. The number of nitrogens with one attached hydrogen (secondary N) is 2. The van der Waals surface area contributed by atoms with Gasteiger partial charge >= 0.3 is 0 Å². The molecular weight excluding hydrogens is 312 g/mol. The van der Waals surface area contributed by atoms with E-state index in [1.807, 2.05) is 48.5 Å². The smallest absolute Gasteiger partial charge is 0.250 e. The van der Waals surface area contributed by atoms with Crippen LogP contribution in [0.4, 0.5) is 0 Å². The Bertz CT molecular complexity index is 667. The van der Waals surface area contributed by atoms with Gasteiger partial charge in [0.1, 0.15) is 6.10 Å². The number of rotatable bonds is 4. The van der Waals surface area contributed by atoms with Gasteiger partial charge in [-0.3, -0.25) is 4.79 Å². The van der Waals surface area contributed by atoms with Gasteiger partial charge in [-0.15, -0.1) is 0 Å². The second-order valence-electron chi connectivity index (χ2n) is 5.45. The summed E-state index contributed by atoms with van der Waals surface area (Å²) in [5.41, 5.74) is 3.23. The van der Waals surface area contributed by atoms with Gasteiger partial charge in [0.05, 0.1) is 6.61 Å². The van der Waals surface area contributed by atoms with Crippen molar-refractivity contribution in [3.8, 4) is 11.1 Å². The molecule has 2 aromatic rings. The standard InChI is InChI=1S/C18H19ClN2O2/c19-15-7-5-13(6-8-15)16-4-2-1-3-14(16)11-21-18(22)17-12-20-9-10-23-17/h1-8,17,20H,9-12H2,(H,21,22). The molecule has 1 aliphatic rings. The van der Waals surface area contributed by atoms with E-state index in [0.29, 0.717) is 24.7 Å². The second-order valence-corrected chi connectivity index (χ2v) is 5.88. The van der Waals surface area contributed by atoms with Crippen LogP contribution in [-0.2, 0) is 16.1 Å². The lowest BCUT2D eigenvalue weighted by Crippen LogP contribution is -2.47. The molecule has 0 aliphatic carbocycles. The number of carbonyl (C=O) groups excluding carboxylic acids is 1. The molecule has 23 heavy (non-hydrogen) atoms. The SMILES string of the molecule is O=C(NCc1ccccc1-c1ccc(Cl)cc1)C1CNCCO1. The Labute approximate surface area is 140 Å². The van der Waals surface area contributed by atoms with E-state index < -0.39 is 6.10 Å². The number of hydrogen-bond donors (Lipinski definition) is 2. The number of carbonyl (C=O) groups is 1. The minimum Gasteiger partial charge on any atom is -0.366 e. The van der Waals surface area contributed by atoms with Crippen LogP contribution in [-0.4, -0.2) is 31.7 Å². The van der Waals surface area contributed by atoms with Crippen molar-refractivity contribution in [3.05, 3.63) is 59.1 Å². The van der Waals surface area contributed by atoms with Gasteiger partial charge in [0, 0.05) is 24.7 Å². The molecule has 0 radical (unpaired) electrons. The van der Waals surface area contributed by atoms with E-state index in [1.165, 1.54) is 0 Å². The third-order valence-electron chi connectivity index (χ3n) is 3.85. The Hall–Kier alpha value is -1.88. The molecule has 5 heteroatoms. The quantitative estimate of drug-likeness (QED) is 0.906. The zero-order valence-electron chi connectivity index (χ0n) is 12.7. The first-order valence-corrected chi connectivity index (χ1v) is 8.06. The maximum Gasteiger partial charge on any atom is 0.250 e. The molecule has 0 saturated carbocycles. The number of amides is 1. The lowest BCUT2D eigenvalue weighted by molar-refractivity contribution is -0.134. The van der Waals surface area contributed by atoms with E-state index in [4.69, 9.17) is 16.3 Å². The largest absolute Gasteiger partial charge is 0.366 e. The second kappa shape index (κ2) is 7.59. The maximum absolute atomic E-state index is 12.2. The lowest BCUT2D eigenvalue weighted by Gasteiger charge is -2.23. The van der Waals surface area contributed by atoms with Gasteiger partial charge in [-0.05, 0) is 28.8 Å². The molecule has 1 unspecified atom stereocenters. The zero-order valence-corrected chi connectivity index (χ0v) is 13.5. The molecule has 0 bridgehead atoms. The van der Waals surface area contributed by atoms with Gasteiger partial charge in [0.25, 0.3) is 5.91 Å². The minimum absolute atomic E-state index is 0.0805. The summed E-state index contributed by atoms with van der Waals surface area (Å²) < 4.78 is 5.47. The molecule has 0 aromatic heterocycles. The third-order valence-corrected chi connectivity index (χ3v) is 4.10. The summed E-state index contributed by atoms with van der Waals surface area (Å²) in [5, 5.41) is 6.83. The summed E-state index contributed by atoms with van der Waals surface area (Å²) in [6.07, 6.45) is -0.411. The Morgan fingerprint density at radius 1 is 1.22 bits per heavy atom. The fourth-order valence-corrected chi connectivity index (χ4v) is 2.74. The Morgan fingerprint density at radius 2 is 2.00 bits per heavy atom. The van der Waals surface area contributed by atoms with Gasteiger partial charge in [0.15, 0.2) is 0 Å². The van der Waals surface area contributed by atoms with Crippen LogP contribution in [0.3, 0.4) is 0 Å². The normalized spacial score (nSPS) is 17.7. The van der Waals surface area contributed by atoms with Crippen molar-refractivity contribution in [2.75, 3.05) is 19.7 Å².